The van der Waals surface area contributed by atoms with Crippen molar-refractivity contribution in [2.75, 3.05) is 20.6 Å². The van der Waals surface area contributed by atoms with Crippen LogP contribution in [0.5, 0.6) is 0 Å². The minimum absolute atomic E-state index is 0.0861. The average Bonchev–Trinajstić information content (AvgIpc) is 3.41. The Morgan fingerprint density at radius 3 is 2.45 bits per heavy atom. The van der Waals surface area contributed by atoms with Gasteiger partial charge in [0, 0.05) is 31.8 Å². The zero-order valence-electron chi connectivity index (χ0n) is 18.4. The molecule has 1 heterocycles. The maximum Gasteiger partial charge on any atom is 0.323 e. The van der Waals surface area contributed by atoms with Crippen molar-refractivity contribution in [1.29, 1.82) is 0 Å². The normalized spacial score (nSPS) is 15.6. The van der Waals surface area contributed by atoms with Crippen LogP contribution in [0.4, 0.5) is 8.78 Å². The van der Waals surface area contributed by atoms with Crippen molar-refractivity contribution in [2.24, 2.45) is 5.16 Å². The molecule has 1 aromatic heterocycles. The predicted molar refractivity (Wildman–Crippen MR) is 114 cm³/mol. The monoisotopic (exact) mass is 506 g/mol. The van der Waals surface area contributed by atoms with Crippen LogP contribution >= 0.6 is 0 Å². The number of nitrogens with zero attached hydrogens (tertiary/aromatic N) is 6. The van der Waals surface area contributed by atoms with Crippen molar-refractivity contribution in [3.05, 3.63) is 41.7 Å². The Morgan fingerprint density at radius 2 is 1.91 bits per heavy atom. The molecule has 0 atom stereocenters. The predicted octanol–water partition coefficient (Wildman–Crippen LogP) is 1.19. The van der Waals surface area contributed by atoms with Gasteiger partial charge in [0.25, 0.3) is 15.2 Å². The maximum atomic E-state index is 14.5. The summed E-state index contributed by atoms with van der Waals surface area (Å²) in [5, 5.41) is 6.82. The third kappa shape index (κ3) is 5.54. The molecule has 0 saturated heterocycles. The fourth-order valence-corrected chi connectivity index (χ4v) is 4.92. The van der Waals surface area contributed by atoms with Gasteiger partial charge in [0.1, 0.15) is 29.8 Å². The van der Waals surface area contributed by atoms with Crippen molar-refractivity contribution in [3.8, 4) is 0 Å². The molecular formula is C18H24F2N6O5S2. The highest BCUT2D eigenvalue weighted by Gasteiger charge is 2.41. The third-order valence-electron chi connectivity index (χ3n) is 4.56. The summed E-state index contributed by atoms with van der Waals surface area (Å²) in [5.41, 5.74) is -0.219. The van der Waals surface area contributed by atoms with Gasteiger partial charge >= 0.3 is 10.2 Å². The summed E-state index contributed by atoms with van der Waals surface area (Å²) in [7, 11) is -5.95. The number of hydrogen-bond donors (Lipinski definition) is 0. The van der Waals surface area contributed by atoms with Crippen molar-refractivity contribution in [2.45, 2.75) is 44.0 Å². The fraction of sp³-hybridized carbons (Fsp3) is 0.500. The first-order chi connectivity index (χ1) is 15.3. The van der Waals surface area contributed by atoms with Crippen LogP contribution in [0.2, 0.25) is 0 Å². The average molecular weight is 507 g/mol. The Labute approximate surface area is 190 Å². The van der Waals surface area contributed by atoms with Crippen molar-refractivity contribution >= 4 is 25.9 Å². The molecule has 0 bridgehead atoms. The molecule has 3 rings (SSSR count). The Bertz CT molecular complexity index is 1260. The molecular weight excluding hydrogens is 482 g/mol. The summed E-state index contributed by atoms with van der Waals surface area (Å²) in [4.78, 5) is 8.90. The summed E-state index contributed by atoms with van der Waals surface area (Å²) < 4.78 is 81.3. The Kier molecular flexibility index (Phi) is 7.16. The maximum absolute atomic E-state index is 14.5. The lowest BCUT2D eigenvalue weighted by Crippen LogP contribution is -2.39. The molecule has 1 saturated carbocycles. The lowest BCUT2D eigenvalue weighted by atomic mass is 10.1. The summed E-state index contributed by atoms with van der Waals surface area (Å²) in [6.45, 7) is 2.94. The molecule has 1 aliphatic carbocycles. The van der Waals surface area contributed by atoms with Gasteiger partial charge in [0.05, 0.1) is 6.54 Å². The Hall–Kier alpha value is -2.49. The lowest BCUT2D eigenvalue weighted by Gasteiger charge is -2.21. The first-order valence-electron chi connectivity index (χ1n) is 9.88. The van der Waals surface area contributed by atoms with E-state index in [9.17, 15) is 25.6 Å². The van der Waals surface area contributed by atoms with Gasteiger partial charge in [-0.2, -0.15) is 17.0 Å². The third-order valence-corrected chi connectivity index (χ3v) is 7.83. The standard InChI is InChI=1S/C18H24F2N6O5S2/c1-12(2)31-23-17(15-8-5-13(19)9-16(15)20)10-25(14-6-7-14)32(27,28)18-21-11-26(22-18)33(29,30)24(3)4/h5,8-9,11-12,14H,6-7,10H2,1-4H3/b23-17+. The van der Waals surface area contributed by atoms with Gasteiger partial charge in [0.15, 0.2) is 0 Å². The van der Waals surface area contributed by atoms with E-state index in [4.69, 9.17) is 4.84 Å². The van der Waals surface area contributed by atoms with Crippen LogP contribution in [0.3, 0.4) is 0 Å². The van der Waals surface area contributed by atoms with Crippen molar-refractivity contribution < 1.29 is 30.5 Å². The molecule has 0 N–H and O–H groups in total. The molecule has 0 spiro atoms. The fourth-order valence-electron chi connectivity index (χ4n) is 2.71. The highest BCUT2D eigenvalue weighted by atomic mass is 32.2. The molecule has 0 amide bonds. The van der Waals surface area contributed by atoms with E-state index < -0.39 is 49.6 Å². The van der Waals surface area contributed by atoms with Gasteiger partial charge in [-0.25, -0.2) is 22.2 Å². The van der Waals surface area contributed by atoms with E-state index in [-0.39, 0.29) is 17.4 Å². The number of rotatable bonds is 10. The van der Waals surface area contributed by atoms with Crippen LogP contribution in [0.1, 0.15) is 32.3 Å². The van der Waals surface area contributed by atoms with Gasteiger partial charge in [-0.1, -0.05) is 5.16 Å². The molecule has 1 fully saturated rings. The van der Waals surface area contributed by atoms with Crippen LogP contribution in [-0.4, -0.2) is 78.1 Å². The van der Waals surface area contributed by atoms with E-state index in [1.54, 1.807) is 13.8 Å². The molecule has 0 aliphatic heterocycles. The second-order valence-corrected chi connectivity index (χ2v) is 11.6. The van der Waals surface area contributed by atoms with E-state index in [1.165, 1.54) is 14.1 Å². The van der Waals surface area contributed by atoms with Crippen molar-refractivity contribution in [3.63, 3.8) is 0 Å². The first-order valence-corrected chi connectivity index (χ1v) is 12.7. The molecule has 2 aromatic rings. The Balaban J connectivity index is 2.00. The second kappa shape index (κ2) is 9.40. The quantitative estimate of drug-likeness (QED) is 0.350. The number of sulfonamides is 1. The molecule has 0 unspecified atom stereocenters. The van der Waals surface area contributed by atoms with E-state index in [2.05, 4.69) is 15.2 Å². The number of halogens is 2. The molecule has 1 aromatic carbocycles. The largest absolute Gasteiger partial charge is 0.393 e. The van der Waals surface area contributed by atoms with Gasteiger partial charge < -0.3 is 4.84 Å². The van der Waals surface area contributed by atoms with Crippen LogP contribution in [-0.2, 0) is 25.1 Å². The SMILES string of the molecule is CC(C)O/N=C(\CN(C1CC1)S(=O)(=O)c1ncn(S(=O)(=O)N(C)C)n1)c1ccc(F)cc1F. The zero-order valence-corrected chi connectivity index (χ0v) is 20.0. The number of hydrogen-bond acceptors (Lipinski definition) is 8. The van der Waals surface area contributed by atoms with Gasteiger partial charge in [0.2, 0.25) is 0 Å². The second-order valence-electron chi connectivity index (χ2n) is 7.79. The molecule has 15 heteroatoms. The van der Waals surface area contributed by atoms with Crippen LogP contribution in [0.25, 0.3) is 0 Å². The van der Waals surface area contributed by atoms with E-state index in [0.29, 0.717) is 23.0 Å². The van der Waals surface area contributed by atoms with E-state index >= 15 is 0 Å². The van der Waals surface area contributed by atoms with Gasteiger partial charge in [-0.05, 0) is 38.8 Å². The lowest BCUT2D eigenvalue weighted by molar-refractivity contribution is 0.0853. The number of aromatic nitrogens is 3. The number of oxime groups is 1. The highest BCUT2D eigenvalue weighted by molar-refractivity contribution is 7.89. The molecule has 1 aliphatic rings. The van der Waals surface area contributed by atoms with Crippen molar-refractivity contribution in [1.82, 2.24) is 22.8 Å². The first kappa shape index (κ1) is 25.1. The molecule has 33 heavy (non-hydrogen) atoms. The summed E-state index contributed by atoms with van der Waals surface area (Å²) in [6, 6.07) is 2.38. The van der Waals surface area contributed by atoms with Crippen LogP contribution in [0.15, 0.2) is 34.8 Å². The van der Waals surface area contributed by atoms with Crippen LogP contribution < -0.4 is 0 Å². The Morgan fingerprint density at radius 1 is 1.24 bits per heavy atom. The number of benzene rings is 1. The minimum Gasteiger partial charge on any atom is -0.393 e. The summed E-state index contributed by atoms with van der Waals surface area (Å²) in [5.74, 6) is -1.74. The zero-order chi connectivity index (χ0) is 24.6. The molecule has 182 valence electrons. The summed E-state index contributed by atoms with van der Waals surface area (Å²) in [6.07, 6.45) is 1.45. The topological polar surface area (TPSA) is 127 Å². The van der Waals surface area contributed by atoms with E-state index in [0.717, 1.165) is 27.1 Å². The highest BCUT2D eigenvalue weighted by Crippen LogP contribution is 2.31. The smallest absolute Gasteiger partial charge is 0.323 e. The molecule has 0 radical (unpaired) electrons. The summed E-state index contributed by atoms with van der Waals surface area (Å²) >= 11 is 0. The van der Waals surface area contributed by atoms with E-state index in [1.807, 2.05) is 0 Å². The minimum atomic E-state index is -4.39. The van der Waals surface area contributed by atoms with Gasteiger partial charge in [-0.15, -0.1) is 9.19 Å². The molecule has 11 nitrogen and oxygen atoms in total. The van der Waals surface area contributed by atoms with Gasteiger partial charge in [-0.3, -0.25) is 0 Å². The van der Waals surface area contributed by atoms with Crippen LogP contribution in [0, 0.1) is 11.6 Å².